The van der Waals surface area contributed by atoms with Crippen LogP contribution in [0.4, 0.5) is 4.79 Å². The molecule has 0 unspecified atom stereocenters. The molecule has 2 rings (SSSR count). The number of aromatic nitrogens is 1. The summed E-state index contributed by atoms with van der Waals surface area (Å²) in [5, 5.41) is 0. The van der Waals surface area contributed by atoms with Gasteiger partial charge in [-0.1, -0.05) is 6.07 Å². The Morgan fingerprint density at radius 2 is 2.50 bits per heavy atom. The van der Waals surface area contributed by atoms with E-state index in [0.29, 0.717) is 19.4 Å². The van der Waals surface area contributed by atoms with E-state index in [1.807, 2.05) is 12.1 Å². The predicted molar refractivity (Wildman–Crippen MR) is 55.8 cm³/mol. The molecule has 0 bridgehead atoms. The van der Waals surface area contributed by atoms with Gasteiger partial charge in [-0.05, 0) is 11.6 Å². The van der Waals surface area contributed by atoms with Gasteiger partial charge in [0, 0.05) is 24.9 Å². The van der Waals surface area contributed by atoms with Crippen molar-refractivity contribution in [2.45, 2.75) is 13.0 Å². The largest absolute Gasteiger partial charge is 0.442 e. The van der Waals surface area contributed by atoms with E-state index >= 15 is 0 Å². The fourth-order valence-corrected chi connectivity index (χ4v) is 1.72. The zero-order chi connectivity index (χ0) is 11.4. The molecule has 5 nitrogen and oxygen atoms in total. The minimum absolute atomic E-state index is 0.185. The van der Waals surface area contributed by atoms with Gasteiger partial charge in [-0.15, -0.1) is 0 Å². The van der Waals surface area contributed by atoms with Gasteiger partial charge in [0.25, 0.3) is 0 Å². The molecule has 16 heavy (non-hydrogen) atoms. The highest BCUT2D eigenvalue weighted by Crippen LogP contribution is 2.16. The van der Waals surface area contributed by atoms with Crippen molar-refractivity contribution in [1.29, 1.82) is 0 Å². The van der Waals surface area contributed by atoms with Crippen molar-refractivity contribution in [3.05, 3.63) is 29.6 Å². The van der Waals surface area contributed by atoms with E-state index in [-0.39, 0.29) is 6.61 Å². The predicted octanol–water partition coefficient (Wildman–Crippen LogP) is 0.775. The molecule has 5 heteroatoms. The van der Waals surface area contributed by atoms with Crippen LogP contribution >= 0.6 is 0 Å². The lowest BCUT2D eigenvalue weighted by molar-refractivity contribution is -0.110. The van der Waals surface area contributed by atoms with Gasteiger partial charge in [-0.25, -0.2) is 4.79 Å². The third-order valence-electron chi connectivity index (χ3n) is 2.50. The van der Waals surface area contributed by atoms with Crippen LogP contribution in [0.5, 0.6) is 0 Å². The maximum absolute atomic E-state index is 11.5. The van der Waals surface area contributed by atoms with Crippen molar-refractivity contribution >= 4 is 12.4 Å². The number of rotatable bonds is 2. The van der Waals surface area contributed by atoms with Crippen LogP contribution < -0.4 is 0 Å². The highest BCUT2D eigenvalue weighted by atomic mass is 16.6. The number of nitrogens with zero attached hydrogens (tertiary/aromatic N) is 2. The van der Waals surface area contributed by atoms with Crippen LogP contribution in [-0.4, -0.2) is 35.4 Å². The third kappa shape index (κ3) is 2.18. The van der Waals surface area contributed by atoms with Crippen LogP contribution in [0, 0.1) is 0 Å². The van der Waals surface area contributed by atoms with Crippen molar-refractivity contribution < 1.29 is 14.3 Å². The second-order valence-corrected chi connectivity index (χ2v) is 3.52. The molecule has 1 amide bonds. The molecule has 0 aliphatic carbocycles. The number of amides is 1. The van der Waals surface area contributed by atoms with Crippen LogP contribution in [0.15, 0.2) is 18.3 Å². The number of aldehydes is 1. The number of pyridine rings is 1. The first kappa shape index (κ1) is 10.6. The van der Waals surface area contributed by atoms with Gasteiger partial charge in [0.15, 0.2) is 6.29 Å². The van der Waals surface area contributed by atoms with E-state index in [1.54, 1.807) is 11.1 Å². The third-order valence-corrected chi connectivity index (χ3v) is 2.50. The Bertz CT molecular complexity index is 406. The van der Waals surface area contributed by atoms with Crippen LogP contribution in [0.25, 0.3) is 0 Å². The lowest BCUT2D eigenvalue weighted by atomic mass is 10.1. The molecular formula is C11H12N2O3. The summed E-state index contributed by atoms with van der Waals surface area (Å²) in [5.41, 5.74) is 2.07. The molecule has 0 fully saturated rings. The molecule has 2 heterocycles. The van der Waals surface area contributed by atoms with E-state index in [9.17, 15) is 9.59 Å². The van der Waals surface area contributed by atoms with Gasteiger partial charge in [0.05, 0.1) is 6.54 Å². The number of ether oxygens (including phenoxy) is 1. The fraction of sp³-hybridized carbons (Fsp3) is 0.364. The number of fused-ring (bicyclic) bond motifs is 1. The average molecular weight is 220 g/mol. The summed E-state index contributed by atoms with van der Waals surface area (Å²) in [7, 11) is 0. The number of hydrogen-bond donors (Lipinski definition) is 0. The van der Waals surface area contributed by atoms with Gasteiger partial charge in [0.1, 0.15) is 6.61 Å². The minimum Gasteiger partial charge on any atom is -0.442 e. The Balaban J connectivity index is 2.02. The molecule has 0 saturated heterocycles. The maximum Gasteiger partial charge on any atom is 0.410 e. The molecule has 1 aromatic heterocycles. The standard InChI is InChI=1S/C11H12N2O3/c14-6-7-16-11(15)13-5-3-10-9(8-13)2-1-4-12-10/h1-2,4,6H,3,5,7-8H2. The summed E-state index contributed by atoms with van der Waals surface area (Å²) in [6, 6.07) is 3.79. The zero-order valence-corrected chi connectivity index (χ0v) is 8.76. The smallest absolute Gasteiger partial charge is 0.410 e. The lowest BCUT2D eigenvalue weighted by Gasteiger charge is -2.26. The highest BCUT2D eigenvalue weighted by molar-refractivity contribution is 5.70. The summed E-state index contributed by atoms with van der Waals surface area (Å²) in [4.78, 5) is 27.4. The van der Waals surface area contributed by atoms with Crippen LogP contribution in [0.1, 0.15) is 11.3 Å². The second-order valence-electron chi connectivity index (χ2n) is 3.52. The van der Waals surface area contributed by atoms with Crippen molar-refractivity contribution in [3.8, 4) is 0 Å². The Hall–Kier alpha value is -1.91. The Labute approximate surface area is 93.0 Å². The Morgan fingerprint density at radius 3 is 3.31 bits per heavy atom. The first-order valence-corrected chi connectivity index (χ1v) is 5.09. The van der Waals surface area contributed by atoms with Crippen molar-refractivity contribution in [2.24, 2.45) is 0 Å². The van der Waals surface area contributed by atoms with Crippen LogP contribution in [-0.2, 0) is 22.5 Å². The molecule has 1 aliphatic heterocycles. The topological polar surface area (TPSA) is 59.5 Å². The molecule has 0 aromatic carbocycles. The summed E-state index contributed by atoms with van der Waals surface area (Å²) < 4.78 is 4.74. The van der Waals surface area contributed by atoms with Crippen LogP contribution in [0.2, 0.25) is 0 Å². The van der Waals surface area contributed by atoms with Gasteiger partial charge >= 0.3 is 6.09 Å². The molecular weight excluding hydrogens is 208 g/mol. The van der Waals surface area contributed by atoms with Gasteiger partial charge < -0.3 is 9.64 Å². The summed E-state index contributed by atoms with van der Waals surface area (Å²) in [6.07, 6.45) is 2.60. The van der Waals surface area contributed by atoms with Crippen molar-refractivity contribution in [1.82, 2.24) is 9.88 Å². The van der Waals surface area contributed by atoms with E-state index < -0.39 is 6.09 Å². The van der Waals surface area contributed by atoms with Crippen molar-refractivity contribution in [3.63, 3.8) is 0 Å². The SMILES string of the molecule is O=CCOC(=O)N1CCc2ncccc2C1. The molecule has 84 valence electrons. The normalized spacial score (nSPS) is 14.1. The Morgan fingerprint density at radius 1 is 1.62 bits per heavy atom. The molecule has 0 radical (unpaired) electrons. The van der Waals surface area contributed by atoms with Crippen molar-refractivity contribution in [2.75, 3.05) is 13.2 Å². The molecule has 0 spiro atoms. The highest BCUT2D eigenvalue weighted by Gasteiger charge is 2.21. The molecule has 0 atom stereocenters. The minimum atomic E-state index is -0.443. The zero-order valence-electron chi connectivity index (χ0n) is 8.76. The lowest BCUT2D eigenvalue weighted by Crippen LogP contribution is -2.36. The number of carbonyl (C=O) groups excluding carboxylic acids is 2. The number of carbonyl (C=O) groups is 2. The average Bonchev–Trinajstić information content (AvgIpc) is 2.35. The maximum atomic E-state index is 11.5. The summed E-state index contributed by atoms with van der Waals surface area (Å²) in [5.74, 6) is 0. The first-order chi connectivity index (χ1) is 7.81. The molecule has 1 aromatic rings. The summed E-state index contributed by atoms with van der Waals surface area (Å²) >= 11 is 0. The van der Waals surface area contributed by atoms with Gasteiger partial charge in [0.2, 0.25) is 0 Å². The summed E-state index contributed by atoms with van der Waals surface area (Å²) in [6.45, 7) is 0.901. The molecule has 1 aliphatic rings. The van der Waals surface area contributed by atoms with E-state index in [0.717, 1.165) is 17.7 Å². The fourth-order valence-electron chi connectivity index (χ4n) is 1.72. The second kappa shape index (κ2) is 4.74. The Kier molecular flexibility index (Phi) is 3.14. The molecule has 0 N–H and O–H groups in total. The van der Waals surface area contributed by atoms with Crippen LogP contribution in [0.3, 0.4) is 0 Å². The van der Waals surface area contributed by atoms with E-state index in [2.05, 4.69) is 4.98 Å². The number of hydrogen-bond acceptors (Lipinski definition) is 4. The molecule has 0 saturated carbocycles. The van der Waals surface area contributed by atoms with E-state index in [1.165, 1.54) is 0 Å². The monoisotopic (exact) mass is 220 g/mol. The van der Waals surface area contributed by atoms with Gasteiger partial charge in [-0.2, -0.15) is 0 Å². The van der Waals surface area contributed by atoms with Gasteiger partial charge in [-0.3, -0.25) is 9.78 Å². The quantitative estimate of drug-likeness (QED) is 0.691. The first-order valence-electron chi connectivity index (χ1n) is 5.09. The van der Waals surface area contributed by atoms with E-state index in [4.69, 9.17) is 4.74 Å².